The number of hydrogen-bond donors (Lipinski definition) is 6. The molecule has 3 aliphatic rings. The number of benzene rings is 2. The quantitative estimate of drug-likeness (QED) is 0.143. The molecule has 1 saturated carbocycles. The number of carbonyl (C=O) groups excluding carboxylic acids is 2. The molecule has 50 heavy (non-hydrogen) atoms. The second-order valence-electron chi connectivity index (χ2n) is 12.0. The Labute approximate surface area is 285 Å². The van der Waals surface area contributed by atoms with E-state index < -0.39 is 85.4 Å². The van der Waals surface area contributed by atoms with Gasteiger partial charge in [-0.3, -0.25) is 0 Å². The van der Waals surface area contributed by atoms with Crippen LogP contribution in [0.2, 0.25) is 0 Å². The molecule has 2 aliphatic heterocycles. The van der Waals surface area contributed by atoms with Crippen molar-refractivity contribution < 1.29 is 78.2 Å². The molecule has 0 spiro atoms. The molecule has 10 atom stereocenters. The van der Waals surface area contributed by atoms with Crippen molar-refractivity contribution in [3.8, 4) is 23.0 Å². The third-order valence-corrected chi connectivity index (χ3v) is 9.03. The molecule has 6 N–H and O–H groups in total. The zero-order valence-electron chi connectivity index (χ0n) is 27.1. The van der Waals surface area contributed by atoms with Gasteiger partial charge >= 0.3 is 17.9 Å². The van der Waals surface area contributed by atoms with E-state index in [1.165, 1.54) is 56.7 Å². The molecule has 0 aromatic heterocycles. The molecule has 16 heteroatoms. The molecule has 2 fully saturated rings. The highest BCUT2D eigenvalue weighted by molar-refractivity contribution is 5.90. The van der Waals surface area contributed by atoms with Gasteiger partial charge in [0.1, 0.15) is 30.2 Å². The minimum absolute atomic E-state index is 0.0727. The number of esters is 2. The van der Waals surface area contributed by atoms with E-state index >= 15 is 0 Å². The maximum absolute atomic E-state index is 13.0. The Morgan fingerprint density at radius 2 is 1.68 bits per heavy atom. The van der Waals surface area contributed by atoms with Crippen molar-refractivity contribution in [2.24, 2.45) is 17.8 Å². The smallest absolute Gasteiger partial charge is 0.338 e. The first kappa shape index (κ1) is 36.4. The predicted octanol–water partition coefficient (Wildman–Crippen LogP) is 1.32. The summed E-state index contributed by atoms with van der Waals surface area (Å²) in [6, 6.07) is 8.41. The third kappa shape index (κ3) is 7.49. The van der Waals surface area contributed by atoms with Crippen molar-refractivity contribution >= 4 is 24.0 Å². The van der Waals surface area contributed by atoms with Gasteiger partial charge in [0.2, 0.25) is 18.3 Å². The first-order chi connectivity index (χ1) is 23.9. The van der Waals surface area contributed by atoms with Crippen LogP contribution < -0.4 is 9.47 Å². The van der Waals surface area contributed by atoms with Gasteiger partial charge < -0.3 is 63.8 Å². The molecule has 2 aromatic rings. The molecular weight excluding hydrogens is 664 g/mol. The summed E-state index contributed by atoms with van der Waals surface area (Å²) >= 11 is 0. The van der Waals surface area contributed by atoms with Crippen molar-refractivity contribution in [3.05, 3.63) is 65.4 Å². The number of phenolic OH excluding ortho intramolecular Hbond substituents is 2. The summed E-state index contributed by atoms with van der Waals surface area (Å²) in [4.78, 5) is 38.1. The molecule has 0 unspecified atom stereocenters. The first-order valence-electron chi connectivity index (χ1n) is 15.6. The number of methoxy groups -OCH3 is 2. The number of carboxylic acids is 1. The van der Waals surface area contributed by atoms with Crippen LogP contribution >= 0.6 is 0 Å². The molecule has 0 bridgehead atoms. The normalized spacial score (nSPS) is 30.5. The van der Waals surface area contributed by atoms with Gasteiger partial charge in [0.15, 0.2) is 17.6 Å². The molecule has 5 rings (SSSR count). The van der Waals surface area contributed by atoms with Crippen LogP contribution in [0.3, 0.4) is 0 Å². The van der Waals surface area contributed by atoms with Crippen molar-refractivity contribution in [1.82, 2.24) is 0 Å². The average molecular weight is 703 g/mol. The van der Waals surface area contributed by atoms with E-state index in [2.05, 4.69) is 0 Å². The van der Waals surface area contributed by atoms with Gasteiger partial charge in [0, 0.05) is 23.8 Å². The van der Waals surface area contributed by atoms with Gasteiger partial charge in [0.05, 0.1) is 38.2 Å². The van der Waals surface area contributed by atoms with Crippen molar-refractivity contribution in [2.75, 3.05) is 20.8 Å². The van der Waals surface area contributed by atoms with E-state index in [4.69, 9.17) is 33.2 Å². The molecule has 0 radical (unpaired) electrons. The Hall–Kier alpha value is -4.87. The first-order valence-corrected chi connectivity index (χ1v) is 15.6. The zero-order chi connectivity index (χ0) is 36.3. The van der Waals surface area contributed by atoms with E-state index in [-0.39, 0.29) is 40.6 Å². The second kappa shape index (κ2) is 15.3. The lowest BCUT2D eigenvalue weighted by Gasteiger charge is -2.44. The highest BCUT2D eigenvalue weighted by atomic mass is 16.8. The molecule has 270 valence electrons. The summed E-state index contributed by atoms with van der Waals surface area (Å²) in [5.74, 6) is -5.31. The number of carboxylic acid groups (broad SMARTS) is 1. The molecule has 1 saturated heterocycles. The van der Waals surface area contributed by atoms with Crippen LogP contribution in [0.4, 0.5) is 0 Å². The van der Waals surface area contributed by atoms with Gasteiger partial charge in [-0.25, -0.2) is 14.4 Å². The number of aliphatic hydroxyl groups is 3. The van der Waals surface area contributed by atoms with Gasteiger partial charge in [-0.1, -0.05) is 13.0 Å². The van der Waals surface area contributed by atoms with Crippen LogP contribution in [-0.2, 0) is 33.3 Å². The Balaban J connectivity index is 1.36. The predicted molar refractivity (Wildman–Crippen MR) is 168 cm³/mol. The number of aliphatic carboxylic acids is 1. The summed E-state index contributed by atoms with van der Waals surface area (Å²) in [6.45, 7) is 0.968. The van der Waals surface area contributed by atoms with Crippen LogP contribution in [0.15, 0.2) is 54.3 Å². The van der Waals surface area contributed by atoms with Crippen molar-refractivity contribution in [2.45, 2.75) is 56.4 Å². The number of ether oxygens (including phenoxy) is 7. The van der Waals surface area contributed by atoms with Gasteiger partial charge in [-0.15, -0.1) is 0 Å². The second-order valence-corrected chi connectivity index (χ2v) is 12.0. The number of carbonyl (C=O) groups is 3. The standard InChI is InChI=1S/C34H38O16/c1-15-21(47-32(43)17-5-4-6-18(36)11-17)12-19-20(31(41)42)14-46-33(26(15)19)50-34-30(29(40)28(39)24(13-35)48-34)49-25(37)8-7-16-9-22(44-2)27(38)23(10-16)45-3/h4-11,14-15,19,21,24,26,28-30,33-36,38-40H,12-13H2,1-3H3,(H,41,42)/b8-7+/t15-,19+,21+,24-,26+,28-,29+,30-,33-,34+/m0/s1. The Morgan fingerprint density at radius 3 is 2.30 bits per heavy atom. The lowest BCUT2D eigenvalue weighted by Crippen LogP contribution is -2.61. The number of hydrogen-bond acceptors (Lipinski definition) is 15. The van der Waals surface area contributed by atoms with E-state index in [0.717, 1.165) is 12.3 Å². The van der Waals surface area contributed by atoms with E-state index in [9.17, 15) is 45.0 Å². The lowest BCUT2D eigenvalue weighted by molar-refractivity contribution is -0.343. The fourth-order valence-electron chi connectivity index (χ4n) is 6.42. The van der Waals surface area contributed by atoms with Gasteiger partial charge in [-0.05, 0) is 48.4 Å². The van der Waals surface area contributed by atoms with Crippen LogP contribution in [0.1, 0.15) is 29.3 Å². The van der Waals surface area contributed by atoms with E-state index in [0.29, 0.717) is 5.56 Å². The molecule has 2 heterocycles. The van der Waals surface area contributed by atoms with E-state index in [1.54, 1.807) is 6.92 Å². The highest BCUT2D eigenvalue weighted by Gasteiger charge is 2.55. The molecule has 1 aliphatic carbocycles. The summed E-state index contributed by atoms with van der Waals surface area (Å²) in [7, 11) is 2.66. The number of aliphatic hydroxyl groups excluding tert-OH is 3. The Morgan fingerprint density at radius 1 is 0.980 bits per heavy atom. The summed E-state index contributed by atoms with van der Waals surface area (Å²) < 4.78 is 39.0. The highest BCUT2D eigenvalue weighted by Crippen LogP contribution is 2.49. The number of phenols is 2. The average Bonchev–Trinajstić information content (AvgIpc) is 3.42. The van der Waals surface area contributed by atoms with Crippen molar-refractivity contribution in [1.29, 1.82) is 0 Å². The minimum atomic E-state index is -1.81. The van der Waals surface area contributed by atoms with E-state index in [1.807, 2.05) is 0 Å². The SMILES string of the molecule is COc1cc(/C=C/C(=O)O[C@@H]2[C@@H](O[C@@H]3OC=C(C(=O)O)[C@H]4C[C@@H](OC(=O)c5cccc(O)c5)[C@H](C)[C@@H]34)O[C@@H](CO)[C@H](O)[C@H]2O)cc(OC)c1O. The fraction of sp³-hybridized carbons (Fsp3) is 0.441. The zero-order valence-corrected chi connectivity index (χ0v) is 27.1. The van der Waals surface area contributed by atoms with Gasteiger partial charge in [-0.2, -0.15) is 0 Å². The van der Waals surface area contributed by atoms with Crippen LogP contribution in [0, 0.1) is 17.8 Å². The number of aromatic hydroxyl groups is 2. The fourth-order valence-corrected chi connectivity index (χ4v) is 6.42. The summed E-state index contributed by atoms with van der Waals surface area (Å²) in [6.07, 6.45) is -6.87. The number of fused-ring (bicyclic) bond motifs is 1. The monoisotopic (exact) mass is 702 g/mol. The maximum atomic E-state index is 13.0. The maximum Gasteiger partial charge on any atom is 0.338 e. The van der Waals surface area contributed by atoms with Crippen LogP contribution in [0.5, 0.6) is 23.0 Å². The molecular formula is C34H38O16. The third-order valence-electron chi connectivity index (χ3n) is 9.03. The van der Waals surface area contributed by atoms with Gasteiger partial charge in [0.25, 0.3) is 0 Å². The van der Waals surface area contributed by atoms with Crippen molar-refractivity contribution in [3.63, 3.8) is 0 Å². The Bertz CT molecular complexity index is 1610. The Kier molecular flexibility index (Phi) is 11.2. The minimum Gasteiger partial charge on any atom is -0.508 e. The molecule has 16 nitrogen and oxygen atoms in total. The summed E-state index contributed by atoms with van der Waals surface area (Å²) in [5, 5.41) is 61.2. The van der Waals surface area contributed by atoms with Crippen LogP contribution in [-0.4, -0.2) is 112 Å². The molecule has 0 amide bonds. The number of rotatable bonds is 11. The van der Waals surface area contributed by atoms with Crippen LogP contribution in [0.25, 0.3) is 6.08 Å². The lowest BCUT2D eigenvalue weighted by atomic mass is 9.83. The topological polar surface area (TPSA) is 237 Å². The summed E-state index contributed by atoms with van der Waals surface area (Å²) in [5.41, 5.74) is 0.367. The largest absolute Gasteiger partial charge is 0.508 e. The molecule has 2 aromatic carbocycles.